The SMILES string of the molecule is Clc1ccccc1Cn1cc(C=Nn2cnnc2)c2ccccc21. The third-order valence-corrected chi connectivity index (χ3v) is 4.22. The summed E-state index contributed by atoms with van der Waals surface area (Å²) < 4.78 is 3.75. The van der Waals surface area contributed by atoms with Crippen LogP contribution in [0, 0.1) is 0 Å². The van der Waals surface area contributed by atoms with Crippen molar-refractivity contribution in [2.75, 3.05) is 0 Å². The normalized spacial score (nSPS) is 11.5. The van der Waals surface area contributed by atoms with Gasteiger partial charge in [0.25, 0.3) is 0 Å². The second-order valence-electron chi connectivity index (χ2n) is 5.41. The van der Waals surface area contributed by atoms with Crippen molar-refractivity contribution in [3.8, 4) is 0 Å². The number of hydrogen-bond donors (Lipinski definition) is 0. The lowest BCUT2D eigenvalue weighted by molar-refractivity contribution is 0.836. The fourth-order valence-electron chi connectivity index (χ4n) is 2.70. The van der Waals surface area contributed by atoms with Crippen molar-refractivity contribution in [3.05, 3.63) is 83.5 Å². The van der Waals surface area contributed by atoms with E-state index in [4.69, 9.17) is 11.6 Å². The van der Waals surface area contributed by atoms with E-state index in [0.717, 1.165) is 27.1 Å². The highest BCUT2D eigenvalue weighted by Gasteiger charge is 2.08. The molecule has 118 valence electrons. The van der Waals surface area contributed by atoms with Crippen LogP contribution in [0.5, 0.6) is 0 Å². The molecule has 2 aromatic heterocycles. The minimum Gasteiger partial charge on any atom is -0.342 e. The van der Waals surface area contributed by atoms with E-state index in [1.807, 2.05) is 42.6 Å². The van der Waals surface area contributed by atoms with Crippen molar-refractivity contribution in [1.29, 1.82) is 0 Å². The third kappa shape index (κ3) is 2.81. The molecule has 0 saturated carbocycles. The number of hydrogen-bond acceptors (Lipinski definition) is 3. The third-order valence-electron chi connectivity index (χ3n) is 3.85. The van der Waals surface area contributed by atoms with Gasteiger partial charge < -0.3 is 4.57 Å². The van der Waals surface area contributed by atoms with Crippen LogP contribution in [0.25, 0.3) is 10.9 Å². The highest BCUT2D eigenvalue weighted by molar-refractivity contribution is 6.31. The van der Waals surface area contributed by atoms with Crippen molar-refractivity contribution in [2.24, 2.45) is 5.10 Å². The first-order chi connectivity index (χ1) is 11.8. The summed E-state index contributed by atoms with van der Waals surface area (Å²) in [6, 6.07) is 16.1. The van der Waals surface area contributed by atoms with E-state index in [9.17, 15) is 0 Å². The lowest BCUT2D eigenvalue weighted by atomic mass is 10.2. The second kappa shape index (κ2) is 6.29. The molecule has 4 aromatic rings. The molecule has 0 fully saturated rings. The highest BCUT2D eigenvalue weighted by atomic mass is 35.5. The van der Waals surface area contributed by atoms with Gasteiger partial charge in [0.15, 0.2) is 0 Å². The van der Waals surface area contributed by atoms with Gasteiger partial charge in [-0.25, -0.2) is 4.68 Å². The molecule has 4 rings (SSSR count). The van der Waals surface area contributed by atoms with Crippen molar-refractivity contribution >= 4 is 28.7 Å². The molecule has 24 heavy (non-hydrogen) atoms. The predicted molar refractivity (Wildman–Crippen MR) is 95.5 cm³/mol. The predicted octanol–water partition coefficient (Wildman–Crippen LogP) is 3.82. The maximum atomic E-state index is 6.30. The van der Waals surface area contributed by atoms with E-state index in [2.05, 4.69) is 38.2 Å². The number of para-hydroxylation sites is 1. The lowest BCUT2D eigenvalue weighted by Crippen LogP contribution is -1.98. The number of aromatic nitrogens is 4. The Morgan fingerprint density at radius 2 is 1.75 bits per heavy atom. The first-order valence-corrected chi connectivity index (χ1v) is 7.89. The van der Waals surface area contributed by atoms with E-state index in [-0.39, 0.29) is 0 Å². The van der Waals surface area contributed by atoms with Crippen LogP contribution in [0.15, 0.2) is 72.5 Å². The van der Waals surface area contributed by atoms with Crippen LogP contribution in [-0.4, -0.2) is 25.7 Å². The zero-order valence-corrected chi connectivity index (χ0v) is 13.5. The Morgan fingerprint density at radius 3 is 2.58 bits per heavy atom. The zero-order chi connectivity index (χ0) is 16.4. The molecule has 0 amide bonds. The molecular weight excluding hydrogens is 322 g/mol. The molecule has 0 bridgehead atoms. The maximum Gasteiger partial charge on any atom is 0.141 e. The molecule has 0 N–H and O–H groups in total. The minimum atomic E-state index is 0.709. The van der Waals surface area contributed by atoms with Gasteiger partial charge in [-0.05, 0) is 17.7 Å². The molecule has 0 saturated heterocycles. The topological polar surface area (TPSA) is 48.0 Å². The smallest absolute Gasteiger partial charge is 0.141 e. The fourth-order valence-corrected chi connectivity index (χ4v) is 2.90. The molecule has 0 atom stereocenters. The molecule has 5 nitrogen and oxygen atoms in total. The van der Waals surface area contributed by atoms with E-state index in [0.29, 0.717) is 6.54 Å². The van der Waals surface area contributed by atoms with E-state index in [1.165, 1.54) is 0 Å². The largest absolute Gasteiger partial charge is 0.342 e. The quantitative estimate of drug-likeness (QED) is 0.532. The Balaban J connectivity index is 1.75. The number of nitrogens with zero attached hydrogens (tertiary/aromatic N) is 5. The Morgan fingerprint density at radius 1 is 1.00 bits per heavy atom. The van der Waals surface area contributed by atoms with Gasteiger partial charge in [0.05, 0.1) is 6.21 Å². The first kappa shape index (κ1) is 14.7. The summed E-state index contributed by atoms with van der Waals surface area (Å²) in [6.45, 7) is 0.709. The average molecular weight is 336 g/mol. The van der Waals surface area contributed by atoms with Gasteiger partial charge in [0.1, 0.15) is 12.7 Å². The molecule has 0 spiro atoms. The Hall–Kier alpha value is -2.92. The highest BCUT2D eigenvalue weighted by Crippen LogP contribution is 2.23. The van der Waals surface area contributed by atoms with E-state index >= 15 is 0 Å². The Kier molecular flexibility index (Phi) is 3.84. The molecule has 0 unspecified atom stereocenters. The number of halogens is 1. The molecule has 2 aromatic carbocycles. The monoisotopic (exact) mass is 335 g/mol. The summed E-state index contributed by atoms with van der Waals surface area (Å²) in [4.78, 5) is 0. The van der Waals surface area contributed by atoms with Gasteiger partial charge in [0.2, 0.25) is 0 Å². The summed E-state index contributed by atoms with van der Waals surface area (Å²) >= 11 is 6.30. The average Bonchev–Trinajstić information content (AvgIpc) is 3.24. The molecule has 0 radical (unpaired) electrons. The van der Waals surface area contributed by atoms with Crippen molar-refractivity contribution in [2.45, 2.75) is 6.54 Å². The van der Waals surface area contributed by atoms with Crippen LogP contribution in [0.1, 0.15) is 11.1 Å². The number of fused-ring (bicyclic) bond motifs is 1. The van der Waals surface area contributed by atoms with Gasteiger partial charge >= 0.3 is 0 Å². The Bertz CT molecular complexity index is 1000. The summed E-state index contributed by atoms with van der Waals surface area (Å²) in [5, 5.41) is 13.8. The number of benzene rings is 2. The molecule has 0 aliphatic carbocycles. The number of rotatable bonds is 4. The summed E-state index contributed by atoms with van der Waals surface area (Å²) in [7, 11) is 0. The van der Waals surface area contributed by atoms with Crippen LogP contribution >= 0.6 is 11.6 Å². The van der Waals surface area contributed by atoms with Gasteiger partial charge in [-0.1, -0.05) is 48.0 Å². The zero-order valence-electron chi connectivity index (χ0n) is 12.7. The molecule has 2 heterocycles. The first-order valence-electron chi connectivity index (χ1n) is 7.51. The van der Waals surface area contributed by atoms with Crippen molar-refractivity contribution in [1.82, 2.24) is 19.4 Å². The molecule has 0 aliphatic rings. The summed E-state index contributed by atoms with van der Waals surface area (Å²) in [6.07, 6.45) is 7.01. The van der Waals surface area contributed by atoms with E-state index in [1.54, 1.807) is 17.3 Å². The van der Waals surface area contributed by atoms with Gasteiger partial charge in [-0.2, -0.15) is 5.10 Å². The Labute approximate surface area is 143 Å². The van der Waals surface area contributed by atoms with Gasteiger partial charge in [-0.3, -0.25) is 0 Å². The molecular formula is C18H14ClN5. The van der Waals surface area contributed by atoms with Gasteiger partial charge in [-0.15, -0.1) is 10.2 Å². The van der Waals surface area contributed by atoms with Crippen molar-refractivity contribution < 1.29 is 0 Å². The molecule has 6 heteroatoms. The second-order valence-corrected chi connectivity index (χ2v) is 5.81. The van der Waals surface area contributed by atoms with Gasteiger partial charge in [0, 0.05) is 34.2 Å². The molecule has 0 aliphatic heterocycles. The van der Waals surface area contributed by atoms with Crippen LogP contribution in [-0.2, 0) is 6.54 Å². The fraction of sp³-hybridized carbons (Fsp3) is 0.0556. The van der Waals surface area contributed by atoms with Crippen LogP contribution in [0.2, 0.25) is 5.02 Å². The van der Waals surface area contributed by atoms with Crippen LogP contribution in [0.3, 0.4) is 0 Å². The summed E-state index contributed by atoms with van der Waals surface area (Å²) in [5.74, 6) is 0. The van der Waals surface area contributed by atoms with E-state index < -0.39 is 0 Å². The standard InChI is InChI=1S/C18H14ClN5/c19-17-7-3-1-5-14(17)10-23-11-15(9-22-24-12-20-21-13-24)16-6-2-4-8-18(16)23/h1-9,11-13H,10H2. The maximum absolute atomic E-state index is 6.30. The van der Waals surface area contributed by atoms with Crippen LogP contribution < -0.4 is 0 Å². The van der Waals surface area contributed by atoms with Crippen molar-refractivity contribution in [3.63, 3.8) is 0 Å². The van der Waals surface area contributed by atoms with Crippen LogP contribution in [0.4, 0.5) is 0 Å². The lowest BCUT2D eigenvalue weighted by Gasteiger charge is -2.07. The minimum absolute atomic E-state index is 0.709. The summed E-state index contributed by atoms with van der Waals surface area (Å²) in [5.41, 5.74) is 3.26.